The van der Waals surface area contributed by atoms with Crippen LogP contribution in [0.25, 0.3) is 22.3 Å². The van der Waals surface area contributed by atoms with E-state index in [9.17, 15) is 4.79 Å². The molecule has 0 aromatic heterocycles. The van der Waals surface area contributed by atoms with Crippen LogP contribution >= 0.6 is 11.6 Å². The van der Waals surface area contributed by atoms with Gasteiger partial charge >= 0.3 is 0 Å². The highest BCUT2D eigenvalue weighted by atomic mass is 35.5. The first kappa shape index (κ1) is 27.6. The fourth-order valence-electron chi connectivity index (χ4n) is 4.87. The Balaban J connectivity index is 1.27. The van der Waals surface area contributed by atoms with E-state index in [0.29, 0.717) is 22.0 Å². The lowest BCUT2D eigenvalue weighted by Crippen LogP contribution is -2.35. The van der Waals surface area contributed by atoms with E-state index >= 15 is 0 Å². The molecule has 1 aliphatic heterocycles. The summed E-state index contributed by atoms with van der Waals surface area (Å²) in [5.74, 6) is 1.92. The van der Waals surface area contributed by atoms with Crippen LogP contribution in [0.2, 0.25) is 5.02 Å². The molecule has 1 aliphatic rings. The van der Waals surface area contributed by atoms with E-state index in [1.165, 1.54) is 0 Å². The smallest absolute Gasteiger partial charge is 0.255 e. The highest BCUT2D eigenvalue weighted by molar-refractivity contribution is 6.32. The number of nitrogens with zero attached hydrogens (tertiary/aromatic N) is 1. The predicted molar refractivity (Wildman–Crippen MR) is 161 cm³/mol. The van der Waals surface area contributed by atoms with Gasteiger partial charge in [-0.3, -0.25) is 4.79 Å². The van der Waals surface area contributed by atoms with Crippen molar-refractivity contribution in [3.63, 3.8) is 0 Å². The average molecular weight is 557 g/mol. The third-order valence-corrected chi connectivity index (χ3v) is 7.50. The number of nitrogens with one attached hydrogen (secondary N) is 1. The summed E-state index contributed by atoms with van der Waals surface area (Å²) in [5, 5.41) is 3.59. The molecule has 6 nitrogen and oxygen atoms in total. The van der Waals surface area contributed by atoms with E-state index < -0.39 is 0 Å². The minimum atomic E-state index is -0.210. The van der Waals surface area contributed by atoms with Crippen LogP contribution in [0.3, 0.4) is 0 Å². The van der Waals surface area contributed by atoms with Gasteiger partial charge in [0, 0.05) is 29.9 Å². The number of carbonyl (C=O) groups is 1. The first-order valence-corrected chi connectivity index (χ1v) is 13.7. The molecular formula is C33H33ClN2O4. The summed E-state index contributed by atoms with van der Waals surface area (Å²) in [4.78, 5) is 15.4. The molecule has 0 unspecified atom stereocenters. The van der Waals surface area contributed by atoms with E-state index in [0.717, 1.165) is 59.7 Å². The maximum Gasteiger partial charge on any atom is 0.255 e. The number of hydrogen-bond donors (Lipinski definition) is 1. The minimum Gasteiger partial charge on any atom is -0.497 e. The fourth-order valence-corrected chi connectivity index (χ4v) is 5.10. The molecule has 1 fully saturated rings. The van der Waals surface area contributed by atoms with Crippen molar-refractivity contribution in [2.75, 3.05) is 39.7 Å². The highest BCUT2D eigenvalue weighted by Gasteiger charge is 2.19. The van der Waals surface area contributed by atoms with Gasteiger partial charge in [-0.25, -0.2) is 0 Å². The van der Waals surface area contributed by atoms with Crippen LogP contribution in [0.1, 0.15) is 23.2 Å². The summed E-state index contributed by atoms with van der Waals surface area (Å²) in [7, 11) is 5.37. The number of methoxy groups -OCH3 is 2. The molecule has 40 heavy (non-hydrogen) atoms. The van der Waals surface area contributed by atoms with E-state index in [2.05, 4.69) is 17.3 Å². The van der Waals surface area contributed by atoms with Crippen molar-refractivity contribution in [1.82, 2.24) is 4.90 Å². The molecule has 4 aromatic rings. The minimum absolute atomic E-state index is 0.194. The zero-order valence-electron chi connectivity index (χ0n) is 22.9. The molecule has 206 valence electrons. The number of piperidine rings is 1. The Morgan fingerprint density at radius 2 is 1.55 bits per heavy atom. The Bertz CT molecular complexity index is 1480. The normalized spacial score (nSPS) is 14.0. The number of halogens is 1. The van der Waals surface area contributed by atoms with Crippen LogP contribution in [-0.4, -0.2) is 51.3 Å². The van der Waals surface area contributed by atoms with Gasteiger partial charge in [0.15, 0.2) is 0 Å². The summed E-state index contributed by atoms with van der Waals surface area (Å²) < 4.78 is 17.1. The van der Waals surface area contributed by atoms with Gasteiger partial charge in [0.05, 0.1) is 19.2 Å². The SMILES string of the molecule is COc1cccc(-c2cc(C(=O)Nc3ccc(-c4ccc(OC5CCN(C)CC5)c(Cl)c4)cc3)ccc2OC)c1. The van der Waals surface area contributed by atoms with Gasteiger partial charge in [0.2, 0.25) is 0 Å². The van der Waals surface area contributed by atoms with Crippen molar-refractivity contribution in [3.05, 3.63) is 95.5 Å². The number of anilines is 1. The molecule has 0 radical (unpaired) electrons. The van der Waals surface area contributed by atoms with Crippen LogP contribution in [0.4, 0.5) is 5.69 Å². The van der Waals surface area contributed by atoms with Crippen LogP contribution in [0.15, 0.2) is 84.9 Å². The summed E-state index contributed by atoms with van der Waals surface area (Å²) in [6.45, 7) is 2.07. The second-order valence-corrected chi connectivity index (χ2v) is 10.4. The van der Waals surface area contributed by atoms with Crippen LogP contribution < -0.4 is 19.5 Å². The molecule has 1 heterocycles. The van der Waals surface area contributed by atoms with Crippen molar-refractivity contribution in [2.45, 2.75) is 18.9 Å². The molecule has 0 spiro atoms. The fraction of sp³-hybridized carbons (Fsp3) is 0.242. The maximum absolute atomic E-state index is 13.1. The standard InChI is InChI=1S/C33H33ClN2O4/c1-36-17-15-27(16-18-36)40-32-14-9-23(21-30(32)34)22-7-11-26(12-8-22)35-33(37)25-10-13-31(39-3)29(20-25)24-5-4-6-28(19-24)38-2/h4-14,19-21,27H,15-18H2,1-3H3,(H,35,37). The molecule has 1 N–H and O–H groups in total. The molecule has 7 heteroatoms. The van der Waals surface area contributed by atoms with E-state index in [1.54, 1.807) is 26.4 Å². The number of rotatable bonds is 8. The molecule has 0 saturated carbocycles. The van der Waals surface area contributed by atoms with Gasteiger partial charge in [-0.1, -0.05) is 41.9 Å². The number of amides is 1. The van der Waals surface area contributed by atoms with E-state index in [1.807, 2.05) is 72.8 Å². The number of hydrogen-bond acceptors (Lipinski definition) is 5. The molecule has 0 bridgehead atoms. The molecule has 4 aromatic carbocycles. The predicted octanol–water partition coefficient (Wildman–Crippen LogP) is 7.42. The second-order valence-electron chi connectivity index (χ2n) is 9.94. The molecule has 1 saturated heterocycles. The number of likely N-dealkylation sites (tertiary alicyclic amines) is 1. The van der Waals surface area contributed by atoms with E-state index in [-0.39, 0.29) is 12.0 Å². The lowest BCUT2D eigenvalue weighted by atomic mass is 10.0. The maximum atomic E-state index is 13.1. The molecule has 5 rings (SSSR count). The summed E-state index contributed by atoms with van der Waals surface area (Å²) in [6, 6.07) is 26.6. The Labute approximate surface area is 240 Å². The lowest BCUT2D eigenvalue weighted by molar-refractivity contribution is 0.102. The van der Waals surface area contributed by atoms with Gasteiger partial charge in [0.1, 0.15) is 23.4 Å². The van der Waals surface area contributed by atoms with Gasteiger partial charge in [-0.2, -0.15) is 0 Å². The van der Waals surface area contributed by atoms with Gasteiger partial charge in [-0.05, 0) is 91.2 Å². The zero-order chi connectivity index (χ0) is 28.1. The first-order valence-electron chi connectivity index (χ1n) is 13.3. The summed E-state index contributed by atoms with van der Waals surface area (Å²) in [6.07, 6.45) is 2.20. The number of carbonyl (C=O) groups excluding carboxylic acids is 1. The summed E-state index contributed by atoms with van der Waals surface area (Å²) in [5.41, 5.74) is 4.91. The Morgan fingerprint density at radius 1 is 0.825 bits per heavy atom. The van der Waals surface area contributed by atoms with Crippen molar-refractivity contribution in [1.29, 1.82) is 0 Å². The van der Waals surface area contributed by atoms with Crippen molar-refractivity contribution in [3.8, 4) is 39.5 Å². The molecule has 1 amide bonds. The van der Waals surface area contributed by atoms with E-state index in [4.69, 9.17) is 25.8 Å². The van der Waals surface area contributed by atoms with Crippen molar-refractivity contribution in [2.24, 2.45) is 0 Å². The van der Waals surface area contributed by atoms with Crippen LogP contribution in [-0.2, 0) is 0 Å². The highest BCUT2D eigenvalue weighted by Crippen LogP contribution is 2.34. The monoisotopic (exact) mass is 556 g/mol. The quantitative estimate of drug-likeness (QED) is 0.245. The zero-order valence-corrected chi connectivity index (χ0v) is 23.7. The largest absolute Gasteiger partial charge is 0.497 e. The Hall–Kier alpha value is -4.00. The number of benzene rings is 4. The number of ether oxygens (including phenoxy) is 3. The lowest BCUT2D eigenvalue weighted by Gasteiger charge is -2.29. The van der Waals surface area contributed by atoms with Crippen molar-refractivity contribution >= 4 is 23.2 Å². The van der Waals surface area contributed by atoms with Crippen LogP contribution in [0.5, 0.6) is 17.2 Å². The second kappa shape index (κ2) is 12.5. The molecule has 0 atom stereocenters. The molecular weight excluding hydrogens is 524 g/mol. The molecule has 0 aliphatic carbocycles. The topological polar surface area (TPSA) is 60.0 Å². The van der Waals surface area contributed by atoms with Gasteiger partial charge in [0.25, 0.3) is 5.91 Å². The third kappa shape index (κ3) is 6.41. The Kier molecular flexibility index (Phi) is 8.58. The third-order valence-electron chi connectivity index (χ3n) is 7.21. The van der Waals surface area contributed by atoms with Crippen LogP contribution in [0, 0.1) is 0 Å². The Morgan fingerprint density at radius 3 is 2.25 bits per heavy atom. The van der Waals surface area contributed by atoms with Gasteiger partial charge < -0.3 is 24.4 Å². The van der Waals surface area contributed by atoms with Gasteiger partial charge in [-0.15, -0.1) is 0 Å². The van der Waals surface area contributed by atoms with Crippen molar-refractivity contribution < 1.29 is 19.0 Å². The first-order chi connectivity index (χ1) is 19.4. The summed E-state index contributed by atoms with van der Waals surface area (Å²) >= 11 is 6.58. The average Bonchev–Trinajstić information content (AvgIpc) is 2.99.